The molecule has 2 aliphatic rings. The van der Waals surface area contributed by atoms with E-state index < -0.39 is 0 Å². The molecule has 1 heterocycles. The molecule has 0 aromatic carbocycles. The fourth-order valence-corrected chi connectivity index (χ4v) is 2.78. The van der Waals surface area contributed by atoms with Crippen LogP contribution in [0.25, 0.3) is 0 Å². The summed E-state index contributed by atoms with van der Waals surface area (Å²) in [4.78, 5) is 7.10. The van der Waals surface area contributed by atoms with Crippen LogP contribution in [0.2, 0.25) is 0 Å². The van der Waals surface area contributed by atoms with Crippen LogP contribution in [0.3, 0.4) is 0 Å². The van der Waals surface area contributed by atoms with Crippen molar-refractivity contribution in [3.05, 3.63) is 0 Å². The van der Waals surface area contributed by atoms with Gasteiger partial charge in [0.1, 0.15) is 5.84 Å². The molecule has 0 bridgehead atoms. The Hall–Kier alpha value is -0.570. The van der Waals surface area contributed by atoms with E-state index in [0.29, 0.717) is 0 Å². The summed E-state index contributed by atoms with van der Waals surface area (Å²) in [6.07, 6.45) is 6.87. The van der Waals surface area contributed by atoms with Gasteiger partial charge in [-0.3, -0.25) is 4.99 Å². The van der Waals surface area contributed by atoms with Crippen LogP contribution in [0.5, 0.6) is 0 Å². The zero-order valence-corrected chi connectivity index (χ0v) is 9.78. The lowest BCUT2D eigenvalue weighted by Crippen LogP contribution is -2.41. The molecule has 2 N–H and O–H groups in total. The Morgan fingerprint density at radius 3 is 2.80 bits per heavy atom. The molecule has 2 rings (SSSR count). The van der Waals surface area contributed by atoms with Crippen LogP contribution in [0, 0.1) is 5.92 Å². The monoisotopic (exact) mass is 209 g/mol. The number of nitrogens with two attached hydrogens (primary N) is 1. The predicted molar refractivity (Wildman–Crippen MR) is 64.1 cm³/mol. The van der Waals surface area contributed by atoms with Crippen LogP contribution in [0.1, 0.15) is 39.0 Å². The van der Waals surface area contributed by atoms with E-state index in [1.54, 1.807) is 0 Å². The van der Waals surface area contributed by atoms with Gasteiger partial charge in [-0.2, -0.15) is 0 Å². The van der Waals surface area contributed by atoms with Gasteiger partial charge in [0.15, 0.2) is 0 Å². The topological polar surface area (TPSA) is 41.6 Å². The van der Waals surface area contributed by atoms with Crippen LogP contribution < -0.4 is 5.73 Å². The number of hydrogen-bond donors (Lipinski definition) is 1. The molecule has 0 saturated heterocycles. The van der Waals surface area contributed by atoms with Gasteiger partial charge in [-0.05, 0) is 19.8 Å². The Bertz CT molecular complexity index is 229. The lowest BCUT2D eigenvalue weighted by Gasteiger charge is -2.30. The molecule has 1 aliphatic carbocycles. The lowest BCUT2D eigenvalue weighted by atomic mass is 9.88. The highest BCUT2D eigenvalue weighted by Gasteiger charge is 2.26. The summed E-state index contributed by atoms with van der Waals surface area (Å²) >= 11 is 0. The van der Waals surface area contributed by atoms with Gasteiger partial charge in [-0.25, -0.2) is 0 Å². The fraction of sp³-hybridized carbons (Fsp3) is 0.917. The molecule has 15 heavy (non-hydrogen) atoms. The number of rotatable bonds is 3. The molecule has 0 radical (unpaired) electrons. The van der Waals surface area contributed by atoms with E-state index in [9.17, 15) is 0 Å². The first kappa shape index (κ1) is 10.9. The van der Waals surface area contributed by atoms with E-state index in [-0.39, 0.29) is 6.04 Å². The molecule has 0 spiro atoms. The highest BCUT2D eigenvalue weighted by atomic mass is 15.2. The maximum atomic E-state index is 5.87. The Balaban J connectivity index is 1.94. The van der Waals surface area contributed by atoms with Crippen molar-refractivity contribution >= 4 is 5.84 Å². The summed E-state index contributed by atoms with van der Waals surface area (Å²) < 4.78 is 0. The zero-order valence-electron chi connectivity index (χ0n) is 9.78. The van der Waals surface area contributed by atoms with Gasteiger partial charge in [-0.15, -0.1) is 0 Å². The van der Waals surface area contributed by atoms with Crippen molar-refractivity contribution in [2.75, 3.05) is 19.6 Å². The lowest BCUT2D eigenvalue weighted by molar-refractivity contribution is 0.367. The highest BCUT2D eigenvalue weighted by molar-refractivity contribution is 5.86. The molecular weight excluding hydrogens is 186 g/mol. The van der Waals surface area contributed by atoms with Gasteiger partial charge < -0.3 is 10.6 Å². The molecule has 0 aromatic heterocycles. The second-order valence-electron chi connectivity index (χ2n) is 5.00. The fourth-order valence-electron chi connectivity index (χ4n) is 2.78. The van der Waals surface area contributed by atoms with E-state index in [2.05, 4.69) is 16.8 Å². The van der Waals surface area contributed by atoms with E-state index in [4.69, 9.17) is 5.73 Å². The van der Waals surface area contributed by atoms with Crippen molar-refractivity contribution in [1.82, 2.24) is 4.90 Å². The molecule has 1 aliphatic heterocycles. The van der Waals surface area contributed by atoms with Crippen molar-refractivity contribution in [2.45, 2.75) is 45.1 Å². The molecule has 1 saturated carbocycles. The number of nitrogens with zero attached hydrogens (tertiary/aromatic N) is 2. The van der Waals surface area contributed by atoms with E-state index in [1.165, 1.54) is 37.9 Å². The minimum atomic E-state index is 0.261. The molecule has 1 unspecified atom stereocenters. The van der Waals surface area contributed by atoms with Gasteiger partial charge in [0, 0.05) is 25.0 Å². The normalized spacial score (nSPS) is 25.5. The van der Waals surface area contributed by atoms with E-state index in [0.717, 1.165) is 25.6 Å². The number of aliphatic imine (C=N–C) groups is 1. The number of hydrogen-bond acceptors (Lipinski definition) is 3. The molecule has 0 aromatic rings. The van der Waals surface area contributed by atoms with E-state index in [1.807, 2.05) is 0 Å². The second-order valence-corrected chi connectivity index (χ2v) is 5.00. The first-order valence-electron chi connectivity index (χ1n) is 6.32. The standard InChI is InChI=1S/C12H23N3/c1-10(13)9-15-8-7-14-12(15)11-5-3-2-4-6-11/h10-11H,2-9,13H2,1H3. The molecule has 1 fully saturated rings. The van der Waals surface area contributed by atoms with Gasteiger partial charge in [0.25, 0.3) is 0 Å². The third-order valence-electron chi connectivity index (χ3n) is 3.45. The third-order valence-corrected chi connectivity index (χ3v) is 3.45. The smallest absolute Gasteiger partial charge is 0.102 e. The number of amidine groups is 1. The summed E-state index contributed by atoms with van der Waals surface area (Å²) in [5.41, 5.74) is 5.87. The first-order chi connectivity index (χ1) is 7.27. The predicted octanol–water partition coefficient (Wildman–Crippen LogP) is 1.63. The SMILES string of the molecule is CC(N)CN1CCN=C1C1CCCCC1. The second kappa shape index (κ2) is 4.97. The Labute approximate surface area is 92.7 Å². The summed E-state index contributed by atoms with van der Waals surface area (Å²) in [5.74, 6) is 2.10. The molecule has 0 amide bonds. The van der Waals surface area contributed by atoms with Crippen LogP contribution in [0.4, 0.5) is 0 Å². The first-order valence-corrected chi connectivity index (χ1v) is 6.32. The average Bonchev–Trinajstić information content (AvgIpc) is 2.66. The van der Waals surface area contributed by atoms with Gasteiger partial charge >= 0.3 is 0 Å². The van der Waals surface area contributed by atoms with Crippen molar-refractivity contribution in [3.63, 3.8) is 0 Å². The van der Waals surface area contributed by atoms with Gasteiger partial charge in [0.05, 0.1) is 6.54 Å². The quantitative estimate of drug-likeness (QED) is 0.767. The summed E-state index contributed by atoms with van der Waals surface area (Å²) in [5, 5.41) is 0. The summed E-state index contributed by atoms with van der Waals surface area (Å²) in [7, 11) is 0. The summed E-state index contributed by atoms with van der Waals surface area (Å²) in [6, 6.07) is 0.261. The maximum Gasteiger partial charge on any atom is 0.102 e. The maximum absolute atomic E-state index is 5.87. The Morgan fingerprint density at radius 1 is 1.40 bits per heavy atom. The minimum Gasteiger partial charge on any atom is -0.357 e. The average molecular weight is 209 g/mol. The molecule has 1 atom stereocenters. The molecule has 3 heteroatoms. The van der Waals surface area contributed by atoms with Crippen LogP contribution in [-0.2, 0) is 0 Å². The van der Waals surface area contributed by atoms with Crippen LogP contribution in [0.15, 0.2) is 4.99 Å². The zero-order chi connectivity index (χ0) is 10.7. The third kappa shape index (κ3) is 2.71. The molecule has 3 nitrogen and oxygen atoms in total. The molecule has 86 valence electrons. The van der Waals surface area contributed by atoms with Crippen molar-refractivity contribution in [1.29, 1.82) is 0 Å². The van der Waals surface area contributed by atoms with Crippen LogP contribution >= 0.6 is 0 Å². The van der Waals surface area contributed by atoms with Crippen LogP contribution in [-0.4, -0.2) is 36.4 Å². The largest absolute Gasteiger partial charge is 0.357 e. The van der Waals surface area contributed by atoms with E-state index >= 15 is 0 Å². The van der Waals surface area contributed by atoms with Crippen molar-refractivity contribution in [3.8, 4) is 0 Å². The Kier molecular flexibility index (Phi) is 3.62. The van der Waals surface area contributed by atoms with Gasteiger partial charge in [-0.1, -0.05) is 19.3 Å². The molecular formula is C12H23N3. The van der Waals surface area contributed by atoms with Gasteiger partial charge in [0.2, 0.25) is 0 Å². The van der Waals surface area contributed by atoms with Crippen molar-refractivity contribution < 1.29 is 0 Å². The van der Waals surface area contributed by atoms with Crippen molar-refractivity contribution in [2.24, 2.45) is 16.6 Å². The Morgan fingerprint density at radius 2 is 2.13 bits per heavy atom. The summed E-state index contributed by atoms with van der Waals surface area (Å²) in [6.45, 7) is 5.14. The minimum absolute atomic E-state index is 0.261. The highest BCUT2D eigenvalue weighted by Crippen LogP contribution is 2.27.